The molecule has 3 fully saturated rings. The zero-order valence-corrected chi connectivity index (χ0v) is 15.3. The smallest absolute Gasteiger partial charge is 0.161 e. The summed E-state index contributed by atoms with van der Waals surface area (Å²) in [4.78, 5) is 24.1. The Labute approximate surface area is 149 Å². The van der Waals surface area contributed by atoms with E-state index < -0.39 is 6.10 Å². The standard InChI is InChI=1S/C21H30O4/c1-20-8-6-13(23)9-12(20)5-7-21(2)16-4-3-14(18(25)11-22)15(16)10-17(24)19(20)21/h9,14-17,19,22,24H,3-8,10-11H2,1-2H3/t14-,15?,16+,17-,19+,20-,21-/m0/s1. The molecule has 0 aromatic rings. The average Bonchev–Trinajstić information content (AvgIpc) is 2.99. The number of aliphatic hydroxyl groups is 2. The molecule has 0 aromatic heterocycles. The van der Waals surface area contributed by atoms with Gasteiger partial charge in [-0.3, -0.25) is 9.59 Å². The van der Waals surface area contributed by atoms with Gasteiger partial charge in [0.1, 0.15) is 6.61 Å². The summed E-state index contributed by atoms with van der Waals surface area (Å²) in [6.45, 7) is 4.20. The number of Topliss-reactive ketones (excluding diaryl/α,β-unsaturated/α-hetero) is 1. The fourth-order valence-electron chi connectivity index (χ4n) is 7.40. The van der Waals surface area contributed by atoms with Crippen molar-refractivity contribution in [2.24, 2.45) is 34.5 Å². The Balaban J connectivity index is 1.72. The predicted octanol–water partition coefficient (Wildman–Crippen LogP) is 2.67. The fraction of sp³-hybridized carbons (Fsp3) is 0.810. The lowest BCUT2D eigenvalue weighted by Crippen LogP contribution is -2.59. The highest BCUT2D eigenvalue weighted by Gasteiger charge is 2.63. The number of carbonyl (C=O) groups is 2. The van der Waals surface area contributed by atoms with Crippen LogP contribution in [0.5, 0.6) is 0 Å². The molecule has 4 aliphatic rings. The number of aliphatic hydroxyl groups excluding tert-OH is 2. The third-order valence-corrected chi connectivity index (χ3v) is 8.43. The summed E-state index contributed by atoms with van der Waals surface area (Å²) in [5.74, 6) is 0.909. The Morgan fingerprint density at radius 3 is 2.72 bits per heavy atom. The number of ketones is 2. The first-order valence-electron chi connectivity index (χ1n) is 9.87. The SMILES string of the molecule is C[C@@]12CCC3=CC(=O)CC[C@]3(C)[C@H]1[C@@H](O)CC1[C@@H](C(=O)CO)CC[C@H]12. The van der Waals surface area contributed by atoms with Crippen molar-refractivity contribution in [2.45, 2.75) is 64.9 Å². The van der Waals surface area contributed by atoms with Gasteiger partial charge < -0.3 is 10.2 Å². The molecule has 0 bridgehead atoms. The van der Waals surface area contributed by atoms with E-state index in [1.165, 1.54) is 5.57 Å². The van der Waals surface area contributed by atoms with Crippen LogP contribution in [0, 0.1) is 34.5 Å². The first-order chi connectivity index (χ1) is 11.8. The highest BCUT2D eigenvalue weighted by atomic mass is 16.3. The van der Waals surface area contributed by atoms with Crippen LogP contribution in [0.2, 0.25) is 0 Å². The average molecular weight is 346 g/mol. The van der Waals surface area contributed by atoms with E-state index >= 15 is 0 Å². The lowest BCUT2D eigenvalue weighted by atomic mass is 9.43. The zero-order valence-electron chi connectivity index (χ0n) is 15.3. The normalized spacial score (nSPS) is 49.0. The summed E-state index contributed by atoms with van der Waals surface area (Å²) < 4.78 is 0. The Kier molecular flexibility index (Phi) is 4.01. The summed E-state index contributed by atoms with van der Waals surface area (Å²) in [5.41, 5.74) is 1.16. The monoisotopic (exact) mass is 346 g/mol. The van der Waals surface area contributed by atoms with Crippen LogP contribution in [0.4, 0.5) is 0 Å². The summed E-state index contributed by atoms with van der Waals surface area (Å²) >= 11 is 0. The molecule has 1 unspecified atom stereocenters. The quantitative estimate of drug-likeness (QED) is 0.806. The van der Waals surface area contributed by atoms with E-state index in [4.69, 9.17) is 0 Å². The molecule has 4 nitrogen and oxygen atoms in total. The van der Waals surface area contributed by atoms with E-state index in [0.29, 0.717) is 18.8 Å². The van der Waals surface area contributed by atoms with E-state index in [2.05, 4.69) is 13.8 Å². The first kappa shape index (κ1) is 17.4. The van der Waals surface area contributed by atoms with Gasteiger partial charge in [-0.05, 0) is 73.2 Å². The maximum absolute atomic E-state index is 12.2. The third-order valence-electron chi connectivity index (χ3n) is 8.43. The van der Waals surface area contributed by atoms with E-state index in [9.17, 15) is 19.8 Å². The van der Waals surface area contributed by atoms with Gasteiger partial charge in [-0.2, -0.15) is 0 Å². The van der Waals surface area contributed by atoms with Crippen molar-refractivity contribution >= 4 is 11.6 Å². The van der Waals surface area contributed by atoms with Gasteiger partial charge in [0.25, 0.3) is 0 Å². The van der Waals surface area contributed by atoms with Crippen LogP contribution >= 0.6 is 0 Å². The van der Waals surface area contributed by atoms with E-state index in [1.54, 1.807) is 0 Å². The summed E-state index contributed by atoms with van der Waals surface area (Å²) in [6.07, 6.45) is 7.31. The molecule has 0 aromatic carbocycles. The van der Waals surface area contributed by atoms with Crippen molar-refractivity contribution < 1.29 is 19.8 Å². The van der Waals surface area contributed by atoms with E-state index in [0.717, 1.165) is 32.1 Å². The van der Waals surface area contributed by atoms with Crippen LogP contribution < -0.4 is 0 Å². The molecule has 0 aliphatic heterocycles. The molecule has 0 heterocycles. The minimum Gasteiger partial charge on any atom is -0.393 e. The van der Waals surface area contributed by atoms with Gasteiger partial charge in [0.05, 0.1) is 6.10 Å². The summed E-state index contributed by atoms with van der Waals surface area (Å²) in [6, 6.07) is 0. The van der Waals surface area contributed by atoms with Crippen molar-refractivity contribution in [3.8, 4) is 0 Å². The highest BCUT2D eigenvalue weighted by Crippen LogP contribution is 2.68. The van der Waals surface area contributed by atoms with Gasteiger partial charge in [0.15, 0.2) is 11.6 Å². The van der Waals surface area contributed by atoms with Crippen molar-refractivity contribution in [1.82, 2.24) is 0 Å². The first-order valence-corrected chi connectivity index (χ1v) is 9.87. The molecule has 138 valence electrons. The van der Waals surface area contributed by atoms with Crippen molar-refractivity contribution in [3.63, 3.8) is 0 Å². The van der Waals surface area contributed by atoms with Gasteiger partial charge in [-0.1, -0.05) is 19.4 Å². The number of carbonyl (C=O) groups excluding carboxylic acids is 2. The van der Waals surface area contributed by atoms with Crippen LogP contribution in [0.1, 0.15) is 58.8 Å². The molecule has 0 radical (unpaired) electrons. The van der Waals surface area contributed by atoms with Crippen LogP contribution in [-0.4, -0.2) is 34.5 Å². The molecule has 7 atom stereocenters. The molecule has 4 heteroatoms. The molecule has 0 amide bonds. The molecule has 2 N–H and O–H groups in total. The second-order valence-corrected chi connectivity index (χ2v) is 9.42. The fourth-order valence-corrected chi connectivity index (χ4v) is 7.40. The van der Waals surface area contributed by atoms with E-state index in [1.807, 2.05) is 6.08 Å². The highest BCUT2D eigenvalue weighted by molar-refractivity contribution is 5.91. The van der Waals surface area contributed by atoms with E-state index in [-0.39, 0.29) is 46.8 Å². The Bertz CT molecular complexity index is 638. The molecule has 25 heavy (non-hydrogen) atoms. The number of fused-ring (bicyclic) bond motifs is 5. The molecule has 4 aliphatic carbocycles. The number of allylic oxidation sites excluding steroid dienone is 1. The van der Waals surface area contributed by atoms with Crippen LogP contribution in [0.25, 0.3) is 0 Å². The second kappa shape index (κ2) is 5.75. The van der Waals surface area contributed by atoms with Gasteiger partial charge in [0, 0.05) is 12.3 Å². The zero-order chi connectivity index (χ0) is 18.0. The predicted molar refractivity (Wildman–Crippen MR) is 93.7 cm³/mol. The number of hydrogen-bond donors (Lipinski definition) is 2. The Hall–Kier alpha value is -1.00. The van der Waals surface area contributed by atoms with Crippen LogP contribution in [0.15, 0.2) is 11.6 Å². The topological polar surface area (TPSA) is 74.6 Å². The Morgan fingerprint density at radius 1 is 1.24 bits per heavy atom. The lowest BCUT2D eigenvalue weighted by molar-refractivity contribution is -0.154. The molecule has 0 saturated heterocycles. The van der Waals surface area contributed by atoms with Crippen molar-refractivity contribution in [3.05, 3.63) is 11.6 Å². The van der Waals surface area contributed by atoms with Crippen molar-refractivity contribution in [1.29, 1.82) is 0 Å². The third kappa shape index (κ3) is 2.33. The molecule has 4 rings (SSSR count). The molecule has 0 spiro atoms. The van der Waals surface area contributed by atoms with Crippen LogP contribution in [-0.2, 0) is 9.59 Å². The Morgan fingerprint density at radius 2 is 2.00 bits per heavy atom. The number of hydrogen-bond acceptors (Lipinski definition) is 4. The van der Waals surface area contributed by atoms with Gasteiger partial charge in [0.2, 0.25) is 0 Å². The largest absolute Gasteiger partial charge is 0.393 e. The summed E-state index contributed by atoms with van der Waals surface area (Å²) in [5, 5.41) is 20.5. The van der Waals surface area contributed by atoms with Gasteiger partial charge in [-0.15, -0.1) is 0 Å². The molecular weight excluding hydrogens is 316 g/mol. The van der Waals surface area contributed by atoms with Gasteiger partial charge in [-0.25, -0.2) is 0 Å². The minimum atomic E-state index is -0.430. The summed E-state index contributed by atoms with van der Waals surface area (Å²) in [7, 11) is 0. The maximum Gasteiger partial charge on any atom is 0.161 e. The maximum atomic E-state index is 12.2. The van der Waals surface area contributed by atoms with Gasteiger partial charge >= 0.3 is 0 Å². The molecular formula is C21H30O4. The molecule has 3 saturated carbocycles. The lowest BCUT2D eigenvalue weighted by Gasteiger charge is -2.62. The number of rotatable bonds is 2. The minimum absolute atomic E-state index is 0.0132. The van der Waals surface area contributed by atoms with Crippen molar-refractivity contribution in [2.75, 3.05) is 6.61 Å². The van der Waals surface area contributed by atoms with Crippen LogP contribution in [0.3, 0.4) is 0 Å². The second-order valence-electron chi connectivity index (χ2n) is 9.42.